The summed E-state index contributed by atoms with van der Waals surface area (Å²) >= 11 is 6.27. The summed E-state index contributed by atoms with van der Waals surface area (Å²) in [5.74, 6) is 0.979. The average Bonchev–Trinajstić information content (AvgIpc) is 3.12. The van der Waals surface area contributed by atoms with Crippen molar-refractivity contribution in [1.29, 1.82) is 0 Å². The molecule has 3 rings (SSSR count). The quantitative estimate of drug-likeness (QED) is 0.409. The minimum absolute atomic E-state index is 0.0248. The van der Waals surface area contributed by atoms with Gasteiger partial charge < -0.3 is 9.73 Å². The second-order valence-corrected chi connectivity index (χ2v) is 7.66. The van der Waals surface area contributed by atoms with Crippen LogP contribution in [0.1, 0.15) is 64.4 Å². The van der Waals surface area contributed by atoms with Gasteiger partial charge in [-0.15, -0.1) is 0 Å². The van der Waals surface area contributed by atoms with Crippen LogP contribution < -0.4 is 5.32 Å². The van der Waals surface area contributed by atoms with Crippen molar-refractivity contribution in [3.05, 3.63) is 47.0 Å². The highest BCUT2D eigenvalue weighted by molar-refractivity contribution is 6.33. The van der Waals surface area contributed by atoms with Gasteiger partial charge in [-0.25, -0.2) is 4.98 Å². The van der Waals surface area contributed by atoms with E-state index in [4.69, 9.17) is 16.0 Å². The van der Waals surface area contributed by atoms with Crippen LogP contribution in [0, 0.1) is 0 Å². The van der Waals surface area contributed by atoms with Gasteiger partial charge in [0, 0.05) is 12.0 Å². The second-order valence-electron chi connectivity index (χ2n) is 7.26. The number of nitrogens with zero attached hydrogens (tertiary/aromatic N) is 1. The first-order valence-electron chi connectivity index (χ1n) is 10.0. The van der Waals surface area contributed by atoms with Crippen molar-refractivity contribution >= 4 is 34.3 Å². The lowest BCUT2D eigenvalue weighted by atomic mass is 9.98. The maximum atomic E-state index is 12.1. The van der Waals surface area contributed by atoms with Crippen molar-refractivity contribution in [3.63, 3.8) is 0 Å². The van der Waals surface area contributed by atoms with Crippen LogP contribution in [0.3, 0.4) is 0 Å². The predicted molar refractivity (Wildman–Crippen MR) is 116 cm³/mol. The summed E-state index contributed by atoms with van der Waals surface area (Å²) in [7, 11) is 0. The van der Waals surface area contributed by atoms with Crippen LogP contribution in [0.2, 0.25) is 5.02 Å². The summed E-state index contributed by atoms with van der Waals surface area (Å²) in [6, 6.07) is 11.6. The molecule has 2 aromatic carbocycles. The number of unbranched alkanes of at least 4 members (excludes halogenated alkanes) is 2. The molecule has 4 nitrogen and oxygen atoms in total. The third-order valence-corrected chi connectivity index (χ3v) is 5.42. The molecule has 0 aliphatic rings. The van der Waals surface area contributed by atoms with Crippen LogP contribution in [-0.4, -0.2) is 10.9 Å². The van der Waals surface area contributed by atoms with Crippen molar-refractivity contribution < 1.29 is 9.21 Å². The summed E-state index contributed by atoms with van der Waals surface area (Å²) in [6.07, 6.45) is 4.58. The number of anilines is 1. The lowest BCUT2D eigenvalue weighted by Crippen LogP contribution is -2.11. The Hall–Kier alpha value is -2.33. The molecule has 148 valence electrons. The molecule has 1 N–H and O–H groups in total. The number of fused-ring (bicyclic) bond motifs is 1. The summed E-state index contributed by atoms with van der Waals surface area (Å²) in [6.45, 7) is 6.50. The van der Waals surface area contributed by atoms with E-state index >= 15 is 0 Å². The van der Waals surface area contributed by atoms with Crippen LogP contribution in [-0.2, 0) is 4.79 Å². The Labute approximate surface area is 171 Å². The number of hydrogen-bond donors (Lipinski definition) is 1. The fourth-order valence-corrected chi connectivity index (χ4v) is 3.28. The van der Waals surface area contributed by atoms with E-state index in [2.05, 4.69) is 43.2 Å². The molecule has 5 heteroatoms. The van der Waals surface area contributed by atoms with Gasteiger partial charge in [-0.2, -0.15) is 0 Å². The largest absolute Gasteiger partial charge is 0.436 e. The smallest absolute Gasteiger partial charge is 0.227 e. The normalized spacial score (nSPS) is 12.3. The van der Waals surface area contributed by atoms with Crippen LogP contribution >= 0.6 is 11.6 Å². The summed E-state index contributed by atoms with van der Waals surface area (Å²) in [5, 5.41) is 3.41. The number of carbonyl (C=O) groups is 1. The van der Waals surface area contributed by atoms with Crippen molar-refractivity contribution in [1.82, 2.24) is 4.98 Å². The van der Waals surface area contributed by atoms with Gasteiger partial charge in [-0.05, 0) is 54.7 Å². The number of halogens is 1. The molecule has 0 saturated heterocycles. The first-order valence-corrected chi connectivity index (χ1v) is 10.4. The monoisotopic (exact) mass is 398 g/mol. The van der Waals surface area contributed by atoms with Gasteiger partial charge in [0.05, 0.1) is 10.7 Å². The number of nitrogens with one attached hydrogen (secondary N) is 1. The maximum absolute atomic E-state index is 12.1. The molecule has 1 heterocycles. The third-order valence-electron chi connectivity index (χ3n) is 5.09. The maximum Gasteiger partial charge on any atom is 0.227 e. The topological polar surface area (TPSA) is 55.1 Å². The lowest BCUT2D eigenvalue weighted by molar-refractivity contribution is -0.116. The van der Waals surface area contributed by atoms with E-state index in [0.717, 1.165) is 42.3 Å². The molecule has 1 amide bonds. The number of rotatable bonds is 8. The fourth-order valence-electron chi connectivity index (χ4n) is 3.11. The molecule has 0 radical (unpaired) electrons. The van der Waals surface area contributed by atoms with Crippen molar-refractivity contribution in [2.75, 3.05) is 5.32 Å². The highest BCUT2D eigenvalue weighted by Crippen LogP contribution is 2.32. The first-order chi connectivity index (χ1) is 13.5. The fraction of sp³-hybridized carbons (Fsp3) is 0.391. The first kappa shape index (κ1) is 20.4. The molecule has 0 aliphatic heterocycles. The Balaban J connectivity index is 1.84. The molecular formula is C23H27ClN2O2. The standard InChI is InChI=1S/C23H27ClN2O2/c1-4-6-7-8-22(27)25-19-14-17(9-11-18(19)24)23-26-20-13-16(15(3)5-2)10-12-21(20)28-23/h9-15H,4-8H2,1-3H3,(H,25,27)/t15-/m1/s1. The van der Waals surface area contributed by atoms with E-state index in [1.807, 2.05) is 18.2 Å². The van der Waals surface area contributed by atoms with E-state index in [-0.39, 0.29) is 5.91 Å². The van der Waals surface area contributed by atoms with Gasteiger partial charge >= 0.3 is 0 Å². The minimum Gasteiger partial charge on any atom is -0.436 e. The van der Waals surface area contributed by atoms with Gasteiger partial charge in [0.25, 0.3) is 0 Å². The number of amides is 1. The molecule has 0 unspecified atom stereocenters. The zero-order valence-corrected chi connectivity index (χ0v) is 17.5. The molecule has 28 heavy (non-hydrogen) atoms. The molecule has 0 aliphatic carbocycles. The number of hydrogen-bond acceptors (Lipinski definition) is 3. The van der Waals surface area contributed by atoms with Crippen LogP contribution in [0.4, 0.5) is 5.69 Å². The van der Waals surface area contributed by atoms with Gasteiger partial charge in [0.2, 0.25) is 11.8 Å². The number of aromatic nitrogens is 1. The SMILES string of the molecule is CCCCCC(=O)Nc1cc(-c2nc3cc([C@H](C)CC)ccc3o2)ccc1Cl. The van der Waals surface area contributed by atoms with E-state index in [1.54, 1.807) is 6.07 Å². The van der Waals surface area contributed by atoms with Gasteiger partial charge in [-0.3, -0.25) is 4.79 Å². The summed E-state index contributed by atoms with van der Waals surface area (Å²) < 4.78 is 5.93. The number of oxazole rings is 1. The van der Waals surface area contributed by atoms with Gasteiger partial charge in [0.15, 0.2) is 5.58 Å². The molecule has 1 atom stereocenters. The zero-order valence-electron chi connectivity index (χ0n) is 16.7. The summed E-state index contributed by atoms with van der Waals surface area (Å²) in [5.41, 5.74) is 4.22. The Morgan fingerprint density at radius 2 is 2.00 bits per heavy atom. The van der Waals surface area contributed by atoms with E-state index in [1.165, 1.54) is 5.56 Å². The Morgan fingerprint density at radius 1 is 1.18 bits per heavy atom. The van der Waals surface area contributed by atoms with Crippen molar-refractivity contribution in [2.45, 2.75) is 58.8 Å². The molecule has 0 fully saturated rings. The lowest BCUT2D eigenvalue weighted by Gasteiger charge is -2.08. The molecule has 0 saturated carbocycles. The second kappa shape index (κ2) is 9.24. The third kappa shape index (κ3) is 4.74. The molecule has 0 spiro atoms. The van der Waals surface area contributed by atoms with E-state index in [9.17, 15) is 4.79 Å². The molecular weight excluding hydrogens is 372 g/mol. The van der Waals surface area contributed by atoms with E-state index < -0.39 is 0 Å². The molecule has 1 aromatic heterocycles. The molecule has 0 bridgehead atoms. The predicted octanol–water partition coefficient (Wildman–Crippen LogP) is 7.18. The minimum atomic E-state index is -0.0248. The Morgan fingerprint density at radius 3 is 2.75 bits per heavy atom. The Kier molecular flexibility index (Phi) is 6.74. The highest BCUT2D eigenvalue weighted by atomic mass is 35.5. The van der Waals surface area contributed by atoms with Crippen LogP contribution in [0.5, 0.6) is 0 Å². The van der Waals surface area contributed by atoms with Crippen molar-refractivity contribution in [2.24, 2.45) is 0 Å². The zero-order chi connectivity index (χ0) is 20.1. The van der Waals surface area contributed by atoms with Gasteiger partial charge in [-0.1, -0.05) is 51.3 Å². The molecule has 3 aromatic rings. The number of benzene rings is 2. The van der Waals surface area contributed by atoms with Gasteiger partial charge in [0.1, 0.15) is 5.52 Å². The van der Waals surface area contributed by atoms with Crippen molar-refractivity contribution in [3.8, 4) is 11.5 Å². The van der Waals surface area contributed by atoms with E-state index in [0.29, 0.717) is 28.9 Å². The highest BCUT2D eigenvalue weighted by Gasteiger charge is 2.13. The van der Waals surface area contributed by atoms with Crippen LogP contribution in [0.15, 0.2) is 40.8 Å². The number of carbonyl (C=O) groups excluding carboxylic acids is 1. The summed E-state index contributed by atoms with van der Waals surface area (Å²) in [4.78, 5) is 16.8. The average molecular weight is 399 g/mol. The Bertz CT molecular complexity index is 964. The van der Waals surface area contributed by atoms with Crippen LogP contribution in [0.25, 0.3) is 22.6 Å².